The largest absolute Gasteiger partial charge is 0.490 e. The van der Waals surface area contributed by atoms with E-state index in [4.69, 9.17) is 21.1 Å². The number of benzene rings is 1. The fourth-order valence-corrected chi connectivity index (χ4v) is 4.08. The van der Waals surface area contributed by atoms with E-state index in [1.807, 2.05) is 6.92 Å². The SMILES string of the molecule is Cc1cc2c([nH]1)/C=C1\C(=O)Nc3cc(Cl)c(cc31)OCCO[C@@H](C(=O)N(C)C)CN(C)C2=O. The Hall–Kier alpha value is -3.30. The van der Waals surface area contributed by atoms with Gasteiger partial charge in [0.25, 0.3) is 17.7 Å². The lowest BCUT2D eigenvalue weighted by atomic mass is 10.0. The number of ether oxygens (including phenoxy) is 2. The van der Waals surface area contributed by atoms with Gasteiger partial charge in [-0.15, -0.1) is 0 Å². The highest BCUT2D eigenvalue weighted by Gasteiger charge is 2.30. The normalized spacial score (nSPS) is 20.1. The minimum absolute atomic E-state index is 0.0508. The maximum atomic E-state index is 13.3. The van der Waals surface area contributed by atoms with Crippen molar-refractivity contribution in [2.75, 3.05) is 46.2 Å². The number of nitrogens with zero attached hydrogens (tertiary/aromatic N) is 2. The van der Waals surface area contributed by atoms with Crippen LogP contribution < -0.4 is 10.1 Å². The molecule has 2 aromatic rings. The van der Waals surface area contributed by atoms with Gasteiger partial charge in [0.1, 0.15) is 12.4 Å². The number of H-pyrrole nitrogens is 1. The zero-order valence-electron chi connectivity index (χ0n) is 18.8. The summed E-state index contributed by atoms with van der Waals surface area (Å²) in [4.78, 5) is 44.7. The molecule has 0 spiro atoms. The van der Waals surface area contributed by atoms with Crippen LogP contribution in [-0.2, 0) is 14.3 Å². The van der Waals surface area contributed by atoms with E-state index in [0.29, 0.717) is 38.9 Å². The van der Waals surface area contributed by atoms with E-state index in [9.17, 15) is 14.4 Å². The molecule has 3 heterocycles. The molecule has 2 aliphatic rings. The van der Waals surface area contributed by atoms with Crippen molar-refractivity contribution in [1.82, 2.24) is 14.8 Å². The first-order valence-corrected chi connectivity index (χ1v) is 10.8. The summed E-state index contributed by atoms with van der Waals surface area (Å²) in [6.45, 7) is 2.11. The molecule has 33 heavy (non-hydrogen) atoms. The predicted octanol–water partition coefficient (Wildman–Crippen LogP) is 2.41. The molecule has 2 bridgehead atoms. The Balaban J connectivity index is 1.81. The minimum Gasteiger partial charge on any atom is -0.490 e. The summed E-state index contributed by atoms with van der Waals surface area (Å²) < 4.78 is 11.6. The number of likely N-dealkylation sites (N-methyl/N-ethyl adjacent to an activating group) is 2. The minimum atomic E-state index is -0.865. The van der Waals surface area contributed by atoms with Crippen molar-refractivity contribution in [3.8, 4) is 5.75 Å². The topological polar surface area (TPSA) is 104 Å². The number of amides is 3. The molecule has 1 aromatic heterocycles. The molecule has 2 aliphatic heterocycles. The van der Waals surface area contributed by atoms with Crippen LogP contribution in [0.5, 0.6) is 5.75 Å². The molecule has 3 amide bonds. The number of hydrogen-bond donors (Lipinski definition) is 2. The Morgan fingerprint density at radius 2 is 1.94 bits per heavy atom. The number of rotatable bonds is 1. The van der Waals surface area contributed by atoms with Crippen molar-refractivity contribution < 1.29 is 23.9 Å². The second-order valence-corrected chi connectivity index (χ2v) is 8.65. The number of halogens is 1. The van der Waals surface area contributed by atoms with Crippen molar-refractivity contribution in [2.24, 2.45) is 0 Å². The molecule has 0 saturated heterocycles. The van der Waals surface area contributed by atoms with Crippen LogP contribution in [0.4, 0.5) is 5.69 Å². The fourth-order valence-electron chi connectivity index (χ4n) is 3.86. The van der Waals surface area contributed by atoms with Crippen molar-refractivity contribution in [2.45, 2.75) is 13.0 Å². The molecule has 2 N–H and O–H groups in total. The maximum Gasteiger partial charge on any atom is 0.256 e. The first-order valence-electron chi connectivity index (χ1n) is 10.4. The van der Waals surface area contributed by atoms with Gasteiger partial charge in [0.2, 0.25) is 0 Å². The van der Waals surface area contributed by atoms with Gasteiger partial charge >= 0.3 is 0 Å². The maximum absolute atomic E-state index is 13.3. The third kappa shape index (κ3) is 4.46. The van der Waals surface area contributed by atoms with Gasteiger partial charge in [0, 0.05) is 32.4 Å². The lowest BCUT2D eigenvalue weighted by Gasteiger charge is -2.26. The first kappa shape index (κ1) is 22.9. The number of aromatic amines is 1. The molecule has 9 nitrogen and oxygen atoms in total. The van der Waals surface area contributed by atoms with E-state index in [2.05, 4.69) is 10.3 Å². The molecule has 10 heteroatoms. The molecular weight excluding hydrogens is 448 g/mol. The van der Waals surface area contributed by atoms with E-state index in [1.54, 1.807) is 45.4 Å². The Morgan fingerprint density at radius 1 is 1.18 bits per heavy atom. The number of anilines is 1. The Labute approximate surface area is 196 Å². The molecule has 0 aliphatic carbocycles. The van der Waals surface area contributed by atoms with Gasteiger partial charge in [-0.05, 0) is 31.2 Å². The van der Waals surface area contributed by atoms with E-state index in [1.165, 1.54) is 9.80 Å². The van der Waals surface area contributed by atoms with Gasteiger partial charge in [-0.3, -0.25) is 14.4 Å². The molecule has 0 saturated carbocycles. The summed E-state index contributed by atoms with van der Waals surface area (Å²) in [5.41, 5.74) is 3.21. The molecule has 0 fully saturated rings. The molecule has 174 valence electrons. The van der Waals surface area contributed by atoms with Crippen LogP contribution in [0.15, 0.2) is 18.2 Å². The summed E-state index contributed by atoms with van der Waals surface area (Å²) in [6.07, 6.45) is 0.779. The lowest BCUT2D eigenvalue weighted by Crippen LogP contribution is -2.45. The number of aryl methyl sites for hydroxylation is 1. The smallest absolute Gasteiger partial charge is 0.256 e. The average Bonchev–Trinajstić information content (AvgIpc) is 3.27. The quantitative estimate of drug-likeness (QED) is 0.663. The van der Waals surface area contributed by atoms with Crippen LogP contribution in [0, 0.1) is 6.92 Å². The summed E-state index contributed by atoms with van der Waals surface area (Å²) in [5.74, 6) is -0.473. The second-order valence-electron chi connectivity index (χ2n) is 8.25. The number of carbonyl (C=O) groups is 3. The standard InChI is InChI=1S/C23H25ClN4O5/c1-12-7-15-17(25-12)8-14-13-9-19(16(24)10-18(13)26-21(14)29)32-5-6-33-20(23(31)27(2)3)11-28(4)22(15)30/h7-10,20,25H,5-6,11H2,1-4H3,(H,26,29)/b14-8-/t20-/m1/s1. The van der Waals surface area contributed by atoms with E-state index >= 15 is 0 Å². The van der Waals surface area contributed by atoms with Crippen LogP contribution in [0.1, 0.15) is 27.3 Å². The zero-order chi connectivity index (χ0) is 23.9. The van der Waals surface area contributed by atoms with Gasteiger partial charge in [-0.25, -0.2) is 0 Å². The third-order valence-corrected chi connectivity index (χ3v) is 5.81. The molecule has 0 unspecified atom stereocenters. The van der Waals surface area contributed by atoms with E-state index in [0.717, 1.165) is 5.69 Å². The van der Waals surface area contributed by atoms with Crippen LogP contribution in [0.3, 0.4) is 0 Å². The average molecular weight is 473 g/mol. The van der Waals surface area contributed by atoms with Crippen molar-refractivity contribution >= 4 is 46.7 Å². The summed E-state index contributed by atoms with van der Waals surface area (Å²) in [7, 11) is 4.87. The highest BCUT2D eigenvalue weighted by Crippen LogP contribution is 2.40. The first-order chi connectivity index (χ1) is 15.7. The van der Waals surface area contributed by atoms with Crippen LogP contribution in [-0.4, -0.2) is 79.5 Å². The number of nitrogens with one attached hydrogen (secondary N) is 2. The third-order valence-electron chi connectivity index (χ3n) is 5.52. The predicted molar refractivity (Wildman–Crippen MR) is 124 cm³/mol. The Morgan fingerprint density at radius 3 is 2.67 bits per heavy atom. The number of hydrogen-bond acceptors (Lipinski definition) is 5. The Kier molecular flexibility index (Phi) is 6.18. The Bertz CT molecular complexity index is 1170. The molecule has 1 atom stereocenters. The van der Waals surface area contributed by atoms with Gasteiger partial charge in [-0.2, -0.15) is 0 Å². The number of aromatic nitrogens is 1. The summed E-state index contributed by atoms with van der Waals surface area (Å²) in [6, 6.07) is 5.03. The van der Waals surface area contributed by atoms with E-state index in [-0.39, 0.29) is 37.5 Å². The highest BCUT2D eigenvalue weighted by atomic mass is 35.5. The van der Waals surface area contributed by atoms with Crippen molar-refractivity contribution in [3.63, 3.8) is 0 Å². The van der Waals surface area contributed by atoms with Crippen LogP contribution in [0.2, 0.25) is 5.02 Å². The molecular formula is C23H25ClN4O5. The molecule has 0 radical (unpaired) electrons. The number of carbonyl (C=O) groups excluding carboxylic acids is 3. The zero-order valence-corrected chi connectivity index (χ0v) is 19.6. The van der Waals surface area contributed by atoms with Crippen molar-refractivity contribution in [3.05, 3.63) is 45.7 Å². The van der Waals surface area contributed by atoms with Crippen LogP contribution in [0.25, 0.3) is 11.6 Å². The fraction of sp³-hybridized carbons (Fsp3) is 0.348. The molecule has 1 aromatic carbocycles. The van der Waals surface area contributed by atoms with Gasteiger partial charge < -0.3 is 29.6 Å². The van der Waals surface area contributed by atoms with Crippen LogP contribution >= 0.6 is 11.6 Å². The molecule has 4 rings (SSSR count). The van der Waals surface area contributed by atoms with Gasteiger partial charge in [0.05, 0.1) is 40.7 Å². The number of fused-ring (bicyclic) bond motifs is 2. The lowest BCUT2D eigenvalue weighted by molar-refractivity contribution is -0.142. The highest BCUT2D eigenvalue weighted by molar-refractivity contribution is 6.37. The monoisotopic (exact) mass is 472 g/mol. The second kappa shape index (κ2) is 8.92. The summed E-state index contributed by atoms with van der Waals surface area (Å²) in [5, 5.41) is 3.14. The summed E-state index contributed by atoms with van der Waals surface area (Å²) >= 11 is 6.35. The van der Waals surface area contributed by atoms with Crippen molar-refractivity contribution in [1.29, 1.82) is 0 Å². The van der Waals surface area contributed by atoms with Gasteiger partial charge in [-0.1, -0.05) is 11.6 Å². The van der Waals surface area contributed by atoms with E-state index < -0.39 is 6.10 Å². The van der Waals surface area contributed by atoms with Gasteiger partial charge in [0.15, 0.2) is 6.10 Å².